The van der Waals surface area contributed by atoms with Gasteiger partial charge in [0.2, 0.25) is 6.41 Å². The molecule has 116 valence electrons. The SMILES string of the molecule is O=CNc1ccc(Cl)c(COc2cccc3cnccc23)c1Cl. The molecule has 0 radical (unpaired) electrons. The molecule has 2 aromatic carbocycles. The Labute approximate surface area is 143 Å². The normalized spacial score (nSPS) is 10.5. The van der Waals surface area contributed by atoms with Crippen molar-refractivity contribution in [1.29, 1.82) is 0 Å². The number of aromatic nitrogens is 1. The molecule has 0 aliphatic carbocycles. The number of halogens is 2. The molecular weight excluding hydrogens is 335 g/mol. The number of rotatable bonds is 5. The van der Waals surface area contributed by atoms with Gasteiger partial charge in [-0.25, -0.2) is 0 Å². The number of benzene rings is 2. The molecule has 1 N–H and O–H groups in total. The Kier molecular flexibility index (Phi) is 4.65. The molecule has 0 saturated carbocycles. The van der Waals surface area contributed by atoms with Gasteiger partial charge in [-0.15, -0.1) is 0 Å². The monoisotopic (exact) mass is 346 g/mol. The summed E-state index contributed by atoms with van der Waals surface area (Å²) in [4.78, 5) is 14.7. The minimum absolute atomic E-state index is 0.188. The molecule has 1 heterocycles. The van der Waals surface area contributed by atoms with E-state index >= 15 is 0 Å². The van der Waals surface area contributed by atoms with E-state index in [2.05, 4.69) is 10.3 Å². The Balaban J connectivity index is 1.91. The second kappa shape index (κ2) is 6.86. The van der Waals surface area contributed by atoms with Gasteiger partial charge < -0.3 is 10.1 Å². The third kappa shape index (κ3) is 3.23. The van der Waals surface area contributed by atoms with E-state index in [9.17, 15) is 4.79 Å². The van der Waals surface area contributed by atoms with Gasteiger partial charge in [0.25, 0.3) is 0 Å². The fourth-order valence-electron chi connectivity index (χ4n) is 2.27. The molecule has 1 amide bonds. The van der Waals surface area contributed by atoms with E-state index < -0.39 is 0 Å². The fraction of sp³-hybridized carbons (Fsp3) is 0.0588. The van der Waals surface area contributed by atoms with Gasteiger partial charge in [-0.05, 0) is 24.3 Å². The predicted octanol–water partition coefficient (Wildman–Crippen LogP) is 4.69. The van der Waals surface area contributed by atoms with Crippen molar-refractivity contribution in [3.05, 3.63) is 64.4 Å². The Morgan fingerprint density at radius 2 is 2.04 bits per heavy atom. The van der Waals surface area contributed by atoms with Crippen LogP contribution in [0, 0.1) is 0 Å². The Morgan fingerprint density at radius 3 is 2.87 bits per heavy atom. The number of carbonyl (C=O) groups is 1. The molecule has 0 spiro atoms. The lowest BCUT2D eigenvalue weighted by atomic mass is 10.1. The van der Waals surface area contributed by atoms with Crippen LogP contribution in [0.2, 0.25) is 10.0 Å². The Bertz CT molecular complexity index is 863. The predicted molar refractivity (Wildman–Crippen MR) is 92.2 cm³/mol. The fourth-order valence-corrected chi connectivity index (χ4v) is 2.81. The van der Waals surface area contributed by atoms with E-state index in [0.29, 0.717) is 33.5 Å². The van der Waals surface area contributed by atoms with Gasteiger partial charge in [-0.3, -0.25) is 9.78 Å². The summed E-state index contributed by atoms with van der Waals surface area (Å²) < 4.78 is 5.89. The van der Waals surface area contributed by atoms with Crippen LogP contribution in [0.5, 0.6) is 5.75 Å². The summed E-state index contributed by atoms with van der Waals surface area (Å²) in [5.74, 6) is 0.714. The van der Waals surface area contributed by atoms with Crippen LogP contribution in [-0.2, 0) is 11.4 Å². The molecule has 3 rings (SSSR count). The van der Waals surface area contributed by atoms with Crippen molar-refractivity contribution in [1.82, 2.24) is 4.98 Å². The van der Waals surface area contributed by atoms with Crippen LogP contribution in [-0.4, -0.2) is 11.4 Å². The molecule has 0 atom stereocenters. The van der Waals surface area contributed by atoms with Crippen LogP contribution in [0.25, 0.3) is 10.8 Å². The topological polar surface area (TPSA) is 51.2 Å². The number of ether oxygens (including phenoxy) is 1. The van der Waals surface area contributed by atoms with Crippen LogP contribution in [0.1, 0.15) is 5.56 Å². The van der Waals surface area contributed by atoms with Gasteiger partial charge in [0.15, 0.2) is 0 Å². The van der Waals surface area contributed by atoms with E-state index in [-0.39, 0.29) is 6.61 Å². The minimum Gasteiger partial charge on any atom is -0.488 e. The van der Waals surface area contributed by atoms with E-state index in [4.69, 9.17) is 27.9 Å². The van der Waals surface area contributed by atoms with Gasteiger partial charge in [-0.1, -0.05) is 35.3 Å². The average molecular weight is 347 g/mol. The molecule has 0 fully saturated rings. The van der Waals surface area contributed by atoms with E-state index in [1.165, 1.54) is 0 Å². The Hall–Kier alpha value is -2.30. The van der Waals surface area contributed by atoms with Crippen molar-refractivity contribution in [2.24, 2.45) is 0 Å². The zero-order valence-corrected chi connectivity index (χ0v) is 13.4. The number of fused-ring (bicyclic) bond motifs is 1. The lowest BCUT2D eigenvalue weighted by molar-refractivity contribution is -0.105. The minimum atomic E-state index is 0.188. The molecule has 0 saturated heterocycles. The standard InChI is InChI=1S/C17H12Cl2N2O2/c18-14-4-5-15(21-10-22)17(19)13(14)9-23-16-3-1-2-11-8-20-7-6-12(11)16/h1-8,10H,9H2,(H,21,22). The highest BCUT2D eigenvalue weighted by Gasteiger charge is 2.12. The number of carbonyl (C=O) groups excluding carboxylic acids is 1. The second-order valence-electron chi connectivity index (χ2n) is 4.79. The maximum Gasteiger partial charge on any atom is 0.211 e. The first-order valence-electron chi connectivity index (χ1n) is 6.83. The van der Waals surface area contributed by atoms with Gasteiger partial charge in [0.1, 0.15) is 12.4 Å². The quantitative estimate of drug-likeness (QED) is 0.682. The molecule has 6 heteroatoms. The molecule has 0 bridgehead atoms. The zero-order chi connectivity index (χ0) is 16.2. The van der Waals surface area contributed by atoms with Crippen molar-refractivity contribution in [2.75, 3.05) is 5.32 Å². The molecular formula is C17H12Cl2N2O2. The average Bonchev–Trinajstić information content (AvgIpc) is 2.57. The summed E-state index contributed by atoms with van der Waals surface area (Å²) in [6, 6.07) is 10.9. The molecule has 1 aromatic heterocycles. The lowest BCUT2D eigenvalue weighted by Crippen LogP contribution is -2.02. The Morgan fingerprint density at radius 1 is 1.17 bits per heavy atom. The van der Waals surface area contributed by atoms with Crippen LogP contribution in [0.15, 0.2) is 48.8 Å². The largest absolute Gasteiger partial charge is 0.488 e. The van der Waals surface area contributed by atoms with Crippen molar-refractivity contribution < 1.29 is 9.53 Å². The summed E-state index contributed by atoms with van der Waals surface area (Å²) in [7, 11) is 0. The lowest BCUT2D eigenvalue weighted by Gasteiger charge is -2.13. The van der Waals surface area contributed by atoms with Crippen LogP contribution in [0.4, 0.5) is 5.69 Å². The number of hydrogen-bond acceptors (Lipinski definition) is 3. The number of hydrogen-bond donors (Lipinski definition) is 1. The number of nitrogens with zero attached hydrogens (tertiary/aromatic N) is 1. The highest BCUT2D eigenvalue weighted by atomic mass is 35.5. The van der Waals surface area contributed by atoms with Gasteiger partial charge in [0, 0.05) is 33.8 Å². The van der Waals surface area contributed by atoms with Crippen LogP contribution < -0.4 is 10.1 Å². The molecule has 0 aliphatic heterocycles. The first-order valence-corrected chi connectivity index (χ1v) is 7.59. The summed E-state index contributed by atoms with van der Waals surface area (Å²) in [6.07, 6.45) is 4.05. The van der Waals surface area contributed by atoms with Crippen LogP contribution in [0.3, 0.4) is 0 Å². The van der Waals surface area contributed by atoms with Gasteiger partial charge in [-0.2, -0.15) is 0 Å². The molecule has 0 aliphatic rings. The number of amides is 1. The number of pyridine rings is 1. The molecule has 23 heavy (non-hydrogen) atoms. The first kappa shape index (κ1) is 15.6. The van der Waals surface area contributed by atoms with E-state index in [0.717, 1.165) is 10.8 Å². The van der Waals surface area contributed by atoms with E-state index in [1.54, 1.807) is 24.5 Å². The molecule has 3 aromatic rings. The number of anilines is 1. The molecule has 4 nitrogen and oxygen atoms in total. The maximum absolute atomic E-state index is 10.6. The van der Waals surface area contributed by atoms with Gasteiger partial charge >= 0.3 is 0 Å². The highest BCUT2D eigenvalue weighted by molar-refractivity contribution is 6.38. The smallest absolute Gasteiger partial charge is 0.211 e. The van der Waals surface area contributed by atoms with Crippen molar-refractivity contribution in [2.45, 2.75) is 6.61 Å². The summed E-state index contributed by atoms with van der Waals surface area (Å²) in [5, 5.41) is 5.32. The zero-order valence-electron chi connectivity index (χ0n) is 11.9. The van der Waals surface area contributed by atoms with Gasteiger partial charge in [0.05, 0.1) is 10.7 Å². The maximum atomic E-state index is 10.6. The highest BCUT2D eigenvalue weighted by Crippen LogP contribution is 2.33. The summed E-state index contributed by atoms with van der Waals surface area (Å²) in [5.41, 5.74) is 1.11. The third-order valence-corrected chi connectivity index (χ3v) is 4.20. The van der Waals surface area contributed by atoms with E-state index in [1.807, 2.05) is 24.3 Å². The van der Waals surface area contributed by atoms with Crippen molar-refractivity contribution in [3.63, 3.8) is 0 Å². The van der Waals surface area contributed by atoms with Crippen molar-refractivity contribution in [3.8, 4) is 5.75 Å². The molecule has 0 unspecified atom stereocenters. The number of nitrogens with one attached hydrogen (secondary N) is 1. The summed E-state index contributed by atoms with van der Waals surface area (Å²) >= 11 is 12.5. The summed E-state index contributed by atoms with van der Waals surface area (Å²) in [6.45, 7) is 0.188. The first-order chi connectivity index (χ1) is 11.2. The van der Waals surface area contributed by atoms with Crippen molar-refractivity contribution >= 4 is 46.1 Å². The second-order valence-corrected chi connectivity index (χ2v) is 5.58. The third-order valence-electron chi connectivity index (χ3n) is 3.41. The van der Waals surface area contributed by atoms with Crippen LogP contribution >= 0.6 is 23.2 Å².